The van der Waals surface area contributed by atoms with Crippen molar-refractivity contribution in [3.63, 3.8) is 0 Å². The highest BCUT2D eigenvalue weighted by Gasteiger charge is 2.07. The minimum absolute atomic E-state index is 0.374. The Morgan fingerprint density at radius 3 is 2.32 bits per heavy atom. The van der Waals surface area contributed by atoms with E-state index in [0.29, 0.717) is 30.4 Å². The smallest absolute Gasteiger partial charge is 0.323 e. The van der Waals surface area contributed by atoms with Crippen LogP contribution >= 0.6 is 0 Å². The second kappa shape index (κ2) is 8.50. The lowest BCUT2D eigenvalue weighted by Crippen LogP contribution is -2.15. The number of rotatable bonds is 9. The van der Waals surface area contributed by atoms with Crippen molar-refractivity contribution >= 4 is 11.9 Å². The lowest BCUT2D eigenvalue weighted by Gasteiger charge is -2.12. The molecular formula is C13H25N5O. The van der Waals surface area contributed by atoms with E-state index < -0.39 is 0 Å². The van der Waals surface area contributed by atoms with E-state index in [0.717, 1.165) is 25.9 Å². The SMILES string of the molecule is CCCOc1nc(NCC)nc(NCC(C)CC)n1. The molecule has 0 aromatic carbocycles. The van der Waals surface area contributed by atoms with Crippen LogP contribution in [0.1, 0.15) is 40.5 Å². The number of nitrogens with one attached hydrogen (secondary N) is 2. The third kappa shape index (κ3) is 5.72. The molecule has 0 fully saturated rings. The van der Waals surface area contributed by atoms with Crippen LogP contribution in [0, 0.1) is 5.92 Å². The molecule has 6 heteroatoms. The van der Waals surface area contributed by atoms with Crippen molar-refractivity contribution < 1.29 is 4.74 Å². The fourth-order valence-electron chi connectivity index (χ4n) is 1.34. The van der Waals surface area contributed by atoms with E-state index in [4.69, 9.17) is 4.74 Å². The highest BCUT2D eigenvalue weighted by molar-refractivity contribution is 5.35. The average Bonchev–Trinajstić information content (AvgIpc) is 2.42. The predicted octanol–water partition coefficient (Wildman–Crippen LogP) is 2.55. The maximum absolute atomic E-state index is 5.47. The molecule has 108 valence electrons. The molecule has 0 saturated heterocycles. The van der Waals surface area contributed by atoms with E-state index in [9.17, 15) is 0 Å². The van der Waals surface area contributed by atoms with Crippen LogP contribution in [0.3, 0.4) is 0 Å². The average molecular weight is 267 g/mol. The maximum atomic E-state index is 5.47. The zero-order valence-corrected chi connectivity index (χ0v) is 12.4. The molecular weight excluding hydrogens is 242 g/mol. The van der Waals surface area contributed by atoms with Gasteiger partial charge in [-0.25, -0.2) is 0 Å². The molecule has 1 unspecified atom stereocenters. The quantitative estimate of drug-likeness (QED) is 0.716. The van der Waals surface area contributed by atoms with Crippen LogP contribution in [0.5, 0.6) is 6.01 Å². The first-order valence-electron chi connectivity index (χ1n) is 7.06. The normalized spacial score (nSPS) is 12.0. The summed E-state index contributed by atoms with van der Waals surface area (Å²) in [6.07, 6.45) is 2.05. The van der Waals surface area contributed by atoms with Crippen LogP contribution in [0.15, 0.2) is 0 Å². The Morgan fingerprint density at radius 1 is 1.05 bits per heavy atom. The van der Waals surface area contributed by atoms with Gasteiger partial charge in [-0.05, 0) is 19.3 Å². The van der Waals surface area contributed by atoms with Crippen molar-refractivity contribution in [2.75, 3.05) is 30.3 Å². The van der Waals surface area contributed by atoms with Crippen molar-refractivity contribution in [3.05, 3.63) is 0 Å². The highest BCUT2D eigenvalue weighted by atomic mass is 16.5. The topological polar surface area (TPSA) is 72.0 Å². The Bertz CT molecular complexity index is 372. The molecule has 1 atom stereocenters. The Labute approximate surface area is 115 Å². The molecule has 0 aliphatic rings. The second-order valence-electron chi connectivity index (χ2n) is 4.54. The van der Waals surface area contributed by atoms with Crippen LogP contribution in [0.4, 0.5) is 11.9 Å². The zero-order chi connectivity index (χ0) is 14.1. The third-order valence-corrected chi connectivity index (χ3v) is 2.69. The molecule has 1 aromatic heterocycles. The first-order chi connectivity index (χ1) is 9.19. The van der Waals surface area contributed by atoms with Crippen molar-refractivity contribution in [3.8, 4) is 6.01 Å². The monoisotopic (exact) mass is 267 g/mol. The Balaban J connectivity index is 2.73. The molecule has 1 rings (SSSR count). The van der Waals surface area contributed by atoms with E-state index >= 15 is 0 Å². The van der Waals surface area contributed by atoms with Gasteiger partial charge in [-0.15, -0.1) is 0 Å². The number of ether oxygens (including phenoxy) is 1. The molecule has 19 heavy (non-hydrogen) atoms. The first-order valence-corrected chi connectivity index (χ1v) is 7.06. The minimum atomic E-state index is 0.374. The lowest BCUT2D eigenvalue weighted by atomic mass is 10.1. The number of aromatic nitrogens is 3. The summed E-state index contributed by atoms with van der Waals surface area (Å²) in [7, 11) is 0. The molecule has 0 radical (unpaired) electrons. The van der Waals surface area contributed by atoms with Gasteiger partial charge in [0.1, 0.15) is 0 Å². The fourth-order valence-corrected chi connectivity index (χ4v) is 1.34. The van der Waals surface area contributed by atoms with Crippen LogP contribution in [0.25, 0.3) is 0 Å². The van der Waals surface area contributed by atoms with Crippen molar-refractivity contribution in [1.82, 2.24) is 15.0 Å². The number of nitrogens with zero attached hydrogens (tertiary/aromatic N) is 3. The Hall–Kier alpha value is -1.59. The van der Waals surface area contributed by atoms with Crippen molar-refractivity contribution in [2.24, 2.45) is 5.92 Å². The summed E-state index contributed by atoms with van der Waals surface area (Å²) < 4.78 is 5.47. The number of hydrogen-bond donors (Lipinski definition) is 2. The Kier molecular flexibility index (Phi) is 6.92. The van der Waals surface area contributed by atoms with Crippen molar-refractivity contribution in [1.29, 1.82) is 0 Å². The van der Waals surface area contributed by atoms with Gasteiger partial charge in [0.25, 0.3) is 0 Å². The van der Waals surface area contributed by atoms with Gasteiger partial charge in [-0.1, -0.05) is 27.2 Å². The fraction of sp³-hybridized carbons (Fsp3) is 0.769. The van der Waals surface area contributed by atoms with Crippen LogP contribution < -0.4 is 15.4 Å². The molecule has 2 N–H and O–H groups in total. The molecule has 0 aliphatic heterocycles. The van der Waals surface area contributed by atoms with Gasteiger partial charge in [0.05, 0.1) is 6.61 Å². The molecule has 0 aliphatic carbocycles. The summed E-state index contributed by atoms with van der Waals surface area (Å²) >= 11 is 0. The van der Waals surface area contributed by atoms with Gasteiger partial charge in [0.2, 0.25) is 11.9 Å². The van der Waals surface area contributed by atoms with Gasteiger partial charge in [0.15, 0.2) is 0 Å². The van der Waals surface area contributed by atoms with E-state index in [1.807, 2.05) is 6.92 Å². The lowest BCUT2D eigenvalue weighted by molar-refractivity contribution is 0.292. The van der Waals surface area contributed by atoms with Gasteiger partial charge in [-0.3, -0.25) is 0 Å². The number of anilines is 2. The van der Waals surface area contributed by atoms with E-state index in [1.54, 1.807) is 0 Å². The number of hydrogen-bond acceptors (Lipinski definition) is 6. The predicted molar refractivity (Wildman–Crippen MR) is 77.7 cm³/mol. The molecule has 0 bridgehead atoms. The largest absolute Gasteiger partial charge is 0.463 e. The summed E-state index contributed by atoms with van der Waals surface area (Å²) in [5.41, 5.74) is 0. The van der Waals surface area contributed by atoms with Gasteiger partial charge in [0, 0.05) is 13.1 Å². The molecule has 1 heterocycles. The van der Waals surface area contributed by atoms with Crippen molar-refractivity contribution in [2.45, 2.75) is 40.5 Å². The second-order valence-corrected chi connectivity index (χ2v) is 4.54. The maximum Gasteiger partial charge on any atom is 0.323 e. The van der Waals surface area contributed by atoms with E-state index in [2.05, 4.69) is 46.4 Å². The molecule has 6 nitrogen and oxygen atoms in total. The molecule has 0 spiro atoms. The van der Waals surface area contributed by atoms with Gasteiger partial charge in [-0.2, -0.15) is 15.0 Å². The van der Waals surface area contributed by atoms with Crippen LogP contribution in [0.2, 0.25) is 0 Å². The Morgan fingerprint density at radius 2 is 1.74 bits per heavy atom. The standard InChI is InChI=1S/C13H25N5O/c1-5-8-19-13-17-11(14-7-3)16-12(18-13)15-9-10(4)6-2/h10H,5-9H2,1-4H3,(H2,14,15,16,17,18). The highest BCUT2D eigenvalue weighted by Crippen LogP contribution is 2.12. The van der Waals surface area contributed by atoms with Gasteiger partial charge < -0.3 is 15.4 Å². The van der Waals surface area contributed by atoms with Crippen LogP contribution in [-0.2, 0) is 0 Å². The summed E-state index contributed by atoms with van der Waals surface area (Å²) in [5.74, 6) is 1.70. The van der Waals surface area contributed by atoms with E-state index in [1.165, 1.54) is 0 Å². The molecule has 1 aromatic rings. The first kappa shape index (κ1) is 15.5. The summed E-state index contributed by atoms with van der Waals surface area (Å²) in [6, 6.07) is 0.374. The van der Waals surface area contributed by atoms with E-state index in [-0.39, 0.29) is 0 Å². The summed E-state index contributed by atoms with van der Waals surface area (Å²) in [4.78, 5) is 12.8. The zero-order valence-electron chi connectivity index (χ0n) is 12.4. The summed E-state index contributed by atoms with van der Waals surface area (Å²) in [5, 5.41) is 6.31. The van der Waals surface area contributed by atoms with Gasteiger partial charge >= 0.3 is 6.01 Å². The summed E-state index contributed by atoms with van der Waals surface area (Å²) in [6.45, 7) is 10.6. The minimum Gasteiger partial charge on any atom is -0.463 e. The third-order valence-electron chi connectivity index (χ3n) is 2.69. The molecule has 0 saturated carbocycles. The van der Waals surface area contributed by atoms with Crippen LogP contribution in [-0.4, -0.2) is 34.6 Å². The molecule has 0 amide bonds.